The van der Waals surface area contributed by atoms with E-state index >= 15 is 0 Å². The summed E-state index contributed by atoms with van der Waals surface area (Å²) in [5, 5.41) is 5.23. The molecule has 3 rings (SSSR count). The Morgan fingerprint density at radius 2 is 1.88 bits per heavy atom. The van der Waals surface area contributed by atoms with Gasteiger partial charge in [0, 0.05) is 24.7 Å². The van der Waals surface area contributed by atoms with Crippen molar-refractivity contribution in [2.75, 3.05) is 11.9 Å². The molecule has 3 atom stereocenters. The first-order valence-electron chi connectivity index (χ1n) is 8.99. The third-order valence-corrected chi connectivity index (χ3v) is 5.28. The predicted octanol–water partition coefficient (Wildman–Crippen LogP) is 4.40. The minimum Gasteiger partial charge on any atom is -0.335 e. The minimum atomic E-state index is -4.50. The molecule has 0 aliphatic carbocycles. The van der Waals surface area contributed by atoms with Gasteiger partial charge in [0.15, 0.2) is 0 Å². The van der Waals surface area contributed by atoms with Crippen LogP contribution in [0.3, 0.4) is 0 Å². The van der Waals surface area contributed by atoms with Crippen molar-refractivity contribution < 1.29 is 18.0 Å². The van der Waals surface area contributed by atoms with Gasteiger partial charge in [0.2, 0.25) is 0 Å². The normalized spacial score (nSPS) is 26.2. The van der Waals surface area contributed by atoms with Crippen LogP contribution in [0.15, 0.2) is 36.9 Å². The number of nitrogens with zero attached hydrogens (tertiary/aromatic N) is 1. The molecule has 2 N–H and O–H groups in total. The number of nitrogens with one attached hydrogen (secondary N) is 2. The molecule has 7 heteroatoms. The van der Waals surface area contributed by atoms with Crippen LogP contribution in [-0.4, -0.2) is 35.6 Å². The van der Waals surface area contributed by atoms with Crippen LogP contribution in [-0.2, 0) is 6.18 Å². The second-order valence-corrected chi connectivity index (χ2v) is 7.03. The van der Waals surface area contributed by atoms with Crippen molar-refractivity contribution in [2.24, 2.45) is 0 Å². The van der Waals surface area contributed by atoms with Crippen molar-refractivity contribution in [3.05, 3.63) is 42.5 Å². The molecule has 4 nitrogen and oxygen atoms in total. The molecule has 0 spiro atoms. The lowest BCUT2D eigenvalue weighted by Crippen LogP contribution is -2.57. The molecule has 142 valence electrons. The van der Waals surface area contributed by atoms with Crippen molar-refractivity contribution in [3.8, 4) is 0 Å². The number of carbonyl (C=O) groups excluding carboxylic acids is 1. The SMILES string of the molecule is C=CCN1[C@@H]2CCC[C@H]1CC(NC(=O)Nc1ccccc1C(F)(F)F)C2. The first-order chi connectivity index (χ1) is 12.4. The highest BCUT2D eigenvalue weighted by atomic mass is 19.4. The van der Waals surface area contributed by atoms with E-state index in [4.69, 9.17) is 0 Å². The number of para-hydroxylation sites is 1. The zero-order valence-corrected chi connectivity index (χ0v) is 14.6. The monoisotopic (exact) mass is 367 g/mol. The summed E-state index contributed by atoms with van der Waals surface area (Å²) in [4.78, 5) is 14.7. The fourth-order valence-electron chi connectivity index (χ4n) is 4.23. The standard InChI is InChI=1S/C19H24F3N3O/c1-2-10-25-14-6-5-7-15(25)12-13(11-14)23-18(26)24-17-9-4-3-8-16(17)19(20,21)22/h2-4,8-9,13-15H,1,5-7,10-12H2,(H2,23,24,26)/t13?,14-,15+. The molecule has 2 fully saturated rings. The molecule has 2 bridgehead atoms. The van der Waals surface area contributed by atoms with Gasteiger partial charge in [-0.25, -0.2) is 4.79 Å². The Labute approximate surface area is 151 Å². The van der Waals surface area contributed by atoms with Gasteiger partial charge in [-0.1, -0.05) is 24.6 Å². The number of rotatable bonds is 4. The number of fused-ring (bicyclic) bond motifs is 2. The number of halogens is 3. The maximum atomic E-state index is 13.0. The Bertz CT molecular complexity index is 648. The lowest BCUT2D eigenvalue weighted by atomic mass is 9.82. The molecule has 1 unspecified atom stereocenters. The van der Waals surface area contributed by atoms with Crippen LogP contribution >= 0.6 is 0 Å². The predicted molar refractivity (Wildman–Crippen MR) is 95.0 cm³/mol. The first kappa shape index (κ1) is 18.8. The Morgan fingerprint density at radius 3 is 2.50 bits per heavy atom. The zero-order chi connectivity index (χ0) is 18.7. The molecule has 2 aliphatic rings. The molecule has 1 aromatic carbocycles. The van der Waals surface area contributed by atoms with Crippen LogP contribution in [0.1, 0.15) is 37.7 Å². The van der Waals surface area contributed by atoms with E-state index in [-0.39, 0.29) is 11.7 Å². The van der Waals surface area contributed by atoms with Crippen molar-refractivity contribution in [3.63, 3.8) is 0 Å². The lowest BCUT2D eigenvalue weighted by molar-refractivity contribution is -0.136. The summed E-state index contributed by atoms with van der Waals surface area (Å²) in [6.45, 7) is 4.65. The maximum absolute atomic E-state index is 13.0. The van der Waals surface area contributed by atoms with Gasteiger partial charge >= 0.3 is 12.2 Å². The maximum Gasteiger partial charge on any atom is 0.418 e. The van der Waals surface area contributed by atoms with Crippen molar-refractivity contribution in [2.45, 2.75) is 56.4 Å². The highest BCUT2D eigenvalue weighted by molar-refractivity contribution is 5.90. The summed E-state index contributed by atoms with van der Waals surface area (Å²) < 4.78 is 39.1. The van der Waals surface area contributed by atoms with E-state index in [1.165, 1.54) is 24.6 Å². The molecular formula is C19H24F3N3O. The van der Waals surface area contributed by atoms with E-state index < -0.39 is 17.8 Å². The molecule has 2 aliphatic heterocycles. The second kappa shape index (κ2) is 7.70. The summed E-state index contributed by atoms with van der Waals surface area (Å²) in [7, 11) is 0. The van der Waals surface area contributed by atoms with Gasteiger partial charge in [-0.2, -0.15) is 13.2 Å². The van der Waals surface area contributed by atoms with Crippen molar-refractivity contribution in [1.29, 1.82) is 0 Å². The summed E-state index contributed by atoms with van der Waals surface area (Å²) in [6.07, 6.45) is 2.39. The third kappa shape index (κ3) is 4.20. The number of benzene rings is 1. The second-order valence-electron chi connectivity index (χ2n) is 7.03. The summed E-state index contributed by atoms with van der Waals surface area (Å²) in [5.41, 5.74) is -1.06. The van der Waals surface area contributed by atoms with Gasteiger partial charge in [-0.15, -0.1) is 6.58 Å². The summed E-state index contributed by atoms with van der Waals surface area (Å²) in [5.74, 6) is 0. The Balaban J connectivity index is 1.62. The molecule has 0 aromatic heterocycles. The van der Waals surface area contributed by atoms with E-state index in [9.17, 15) is 18.0 Å². The Morgan fingerprint density at radius 1 is 1.23 bits per heavy atom. The minimum absolute atomic E-state index is 0.0237. The van der Waals surface area contributed by atoms with Crippen LogP contribution in [0.2, 0.25) is 0 Å². The quantitative estimate of drug-likeness (QED) is 0.775. The molecule has 2 saturated heterocycles. The van der Waals surface area contributed by atoms with Crippen molar-refractivity contribution in [1.82, 2.24) is 10.2 Å². The number of anilines is 1. The number of hydrogen-bond acceptors (Lipinski definition) is 2. The number of urea groups is 1. The average molecular weight is 367 g/mol. The third-order valence-electron chi connectivity index (χ3n) is 5.28. The van der Waals surface area contributed by atoms with E-state index in [1.54, 1.807) is 0 Å². The van der Waals surface area contributed by atoms with Crippen LogP contribution in [0.5, 0.6) is 0 Å². The molecule has 1 aromatic rings. The molecule has 0 saturated carbocycles. The van der Waals surface area contributed by atoms with Crippen LogP contribution in [0.4, 0.5) is 23.7 Å². The largest absolute Gasteiger partial charge is 0.418 e. The topological polar surface area (TPSA) is 44.4 Å². The molecule has 26 heavy (non-hydrogen) atoms. The van der Waals surface area contributed by atoms with Crippen LogP contribution < -0.4 is 10.6 Å². The fraction of sp³-hybridized carbons (Fsp3) is 0.526. The first-order valence-corrected chi connectivity index (χ1v) is 8.99. The molecule has 0 radical (unpaired) electrons. The number of carbonyl (C=O) groups is 1. The molecule has 2 amide bonds. The Hall–Kier alpha value is -2.02. The van der Waals surface area contributed by atoms with Gasteiger partial charge in [0.1, 0.15) is 0 Å². The van der Waals surface area contributed by atoms with E-state index in [0.717, 1.165) is 38.3 Å². The van der Waals surface area contributed by atoms with Gasteiger partial charge in [-0.05, 0) is 37.8 Å². The average Bonchev–Trinajstić information content (AvgIpc) is 2.55. The van der Waals surface area contributed by atoms with E-state index in [0.29, 0.717) is 12.1 Å². The number of alkyl halides is 3. The van der Waals surface area contributed by atoms with Gasteiger partial charge < -0.3 is 10.6 Å². The smallest absolute Gasteiger partial charge is 0.335 e. The highest BCUT2D eigenvalue weighted by Crippen LogP contribution is 2.35. The molecular weight excluding hydrogens is 343 g/mol. The number of hydrogen-bond donors (Lipinski definition) is 2. The van der Waals surface area contributed by atoms with E-state index in [2.05, 4.69) is 22.1 Å². The molecule has 2 heterocycles. The lowest BCUT2D eigenvalue weighted by Gasteiger charge is -2.48. The van der Waals surface area contributed by atoms with Gasteiger partial charge in [0.05, 0.1) is 11.3 Å². The highest BCUT2D eigenvalue weighted by Gasteiger charge is 2.38. The summed E-state index contributed by atoms with van der Waals surface area (Å²) in [6, 6.07) is 5.20. The summed E-state index contributed by atoms with van der Waals surface area (Å²) >= 11 is 0. The van der Waals surface area contributed by atoms with E-state index in [1.807, 2.05) is 6.08 Å². The number of amides is 2. The van der Waals surface area contributed by atoms with Crippen LogP contribution in [0, 0.1) is 0 Å². The van der Waals surface area contributed by atoms with Gasteiger partial charge in [-0.3, -0.25) is 4.90 Å². The van der Waals surface area contributed by atoms with Crippen LogP contribution in [0.25, 0.3) is 0 Å². The fourth-order valence-corrected chi connectivity index (χ4v) is 4.23. The van der Waals surface area contributed by atoms with Gasteiger partial charge in [0.25, 0.3) is 0 Å². The number of piperidine rings is 2. The zero-order valence-electron chi connectivity index (χ0n) is 14.6. The van der Waals surface area contributed by atoms with Crippen molar-refractivity contribution >= 4 is 11.7 Å². The Kier molecular flexibility index (Phi) is 5.55.